The molecule has 0 aliphatic carbocycles. The first kappa shape index (κ1) is 28.1. The summed E-state index contributed by atoms with van der Waals surface area (Å²) in [6, 6.07) is 4.89. The summed E-state index contributed by atoms with van der Waals surface area (Å²) in [5, 5.41) is 13.2. The van der Waals surface area contributed by atoms with Gasteiger partial charge >= 0.3 is 0 Å². The zero-order chi connectivity index (χ0) is 26.2. The number of pyridine rings is 1. The highest BCUT2D eigenvalue weighted by Gasteiger charge is 2.47. The van der Waals surface area contributed by atoms with Gasteiger partial charge in [0.05, 0.1) is 34.5 Å². The lowest BCUT2D eigenvalue weighted by molar-refractivity contribution is 0.00552. The van der Waals surface area contributed by atoms with Gasteiger partial charge in [-0.05, 0) is 88.7 Å². The number of halogens is 1. The van der Waals surface area contributed by atoms with Crippen LogP contribution in [-0.2, 0) is 0 Å². The summed E-state index contributed by atoms with van der Waals surface area (Å²) in [5.74, 6) is 1.32. The van der Waals surface area contributed by atoms with E-state index in [1.807, 2.05) is 18.0 Å². The predicted molar refractivity (Wildman–Crippen MR) is 156 cm³/mol. The number of nitrogens with zero attached hydrogens (tertiary/aromatic N) is 2. The lowest BCUT2D eigenvalue weighted by Crippen LogP contribution is -2.63. The molecule has 0 aromatic carbocycles. The Hall–Kier alpha value is -0.410. The first-order valence-electron chi connectivity index (χ1n) is 14.6. The molecule has 0 saturated carbocycles. The first-order chi connectivity index (χ1) is 17.6. The number of rotatable bonds is 1. The fourth-order valence-electron chi connectivity index (χ4n) is 7.24. The number of nitrogens with one attached hydrogen (secondary N) is 4. The molecule has 0 radical (unpaired) electrons. The third-order valence-electron chi connectivity index (χ3n) is 9.34. The first-order valence-corrected chi connectivity index (χ1v) is 15.9. The van der Waals surface area contributed by atoms with Gasteiger partial charge in [0.15, 0.2) is 0 Å². The Bertz CT molecular complexity index is 889. The van der Waals surface area contributed by atoms with Crippen molar-refractivity contribution < 1.29 is 0 Å². The van der Waals surface area contributed by atoms with E-state index in [4.69, 9.17) is 16.6 Å². The molecular weight excluding hydrogens is 500 g/mol. The number of hydrogen-bond acceptors (Lipinski definition) is 7. The Morgan fingerprint density at radius 1 is 1.03 bits per heavy atom. The molecule has 4 N–H and O–H groups in total. The molecule has 4 saturated heterocycles. The molecule has 0 amide bonds. The van der Waals surface area contributed by atoms with Crippen molar-refractivity contribution in [3.05, 3.63) is 29.0 Å². The van der Waals surface area contributed by atoms with Crippen LogP contribution in [0, 0.1) is 17.3 Å². The minimum Gasteiger partial charge on any atom is -0.298 e. The normalized spacial score (nSPS) is 39.3. The molecule has 8 heteroatoms. The van der Waals surface area contributed by atoms with Crippen molar-refractivity contribution in [2.45, 2.75) is 121 Å². The van der Waals surface area contributed by atoms with E-state index in [1.54, 1.807) is 6.20 Å². The lowest BCUT2D eigenvalue weighted by atomic mass is 9.78. The fourth-order valence-corrected chi connectivity index (χ4v) is 8.38. The summed E-state index contributed by atoms with van der Waals surface area (Å²) in [7, 11) is 0. The van der Waals surface area contributed by atoms with Crippen molar-refractivity contribution in [1.82, 2.24) is 30.6 Å². The summed E-state index contributed by atoms with van der Waals surface area (Å²) in [6.07, 6.45) is 12.3. The summed E-state index contributed by atoms with van der Waals surface area (Å²) >= 11 is 8.10. The van der Waals surface area contributed by atoms with Crippen molar-refractivity contribution in [3.63, 3.8) is 0 Å². The van der Waals surface area contributed by atoms with Gasteiger partial charge in [-0.1, -0.05) is 44.3 Å². The smallest absolute Gasteiger partial charge is 0.0690 e. The highest BCUT2D eigenvalue weighted by atomic mass is 35.5. The number of piperidine rings is 2. The van der Waals surface area contributed by atoms with Crippen molar-refractivity contribution in [1.29, 1.82) is 0 Å². The standard InChI is InChI=1S/C29H49ClN6S/c1-28(2,3)24-14-10-20-16-32-37-26-8-6-7-25(35-26)33-23(22-13-11-21(30)17-31-22)12-9-19-15-29(4,5)36(18-19)27(20)34-24/h11,13,17,19-20,23-27,32-35H,6-10,12,14-16,18H2,1-5H3/t19-,20?,23?,24?,25?,26?,27?/m0/s1. The van der Waals surface area contributed by atoms with Crippen LogP contribution >= 0.6 is 23.5 Å². The molecule has 5 rings (SSSR count). The van der Waals surface area contributed by atoms with Gasteiger partial charge in [-0.25, -0.2) is 0 Å². The molecule has 5 heterocycles. The molecule has 4 fully saturated rings. The molecule has 7 unspecified atom stereocenters. The van der Waals surface area contributed by atoms with Gasteiger partial charge < -0.3 is 0 Å². The molecule has 6 nitrogen and oxygen atoms in total. The average molecular weight is 549 g/mol. The molecule has 37 heavy (non-hydrogen) atoms. The molecule has 0 spiro atoms. The highest BCUT2D eigenvalue weighted by molar-refractivity contribution is 7.98. The SMILES string of the molecule is CC(C)(C)C1CCC2CNSC3CCCC(N3)NC(c3ccc(Cl)cn3)CC[C@@H]3CN(C2N1)C(C)(C)C3. The van der Waals surface area contributed by atoms with E-state index in [-0.39, 0.29) is 17.0 Å². The molecule has 1 aromatic rings. The Balaban J connectivity index is 1.39. The van der Waals surface area contributed by atoms with Gasteiger partial charge in [0, 0.05) is 36.8 Å². The Morgan fingerprint density at radius 3 is 2.62 bits per heavy atom. The molecule has 4 aliphatic heterocycles. The van der Waals surface area contributed by atoms with Crippen molar-refractivity contribution >= 4 is 23.5 Å². The van der Waals surface area contributed by atoms with Crippen molar-refractivity contribution in [2.75, 3.05) is 13.1 Å². The monoisotopic (exact) mass is 548 g/mol. The van der Waals surface area contributed by atoms with E-state index in [2.05, 4.69) is 66.3 Å². The van der Waals surface area contributed by atoms with E-state index in [9.17, 15) is 0 Å². The van der Waals surface area contributed by atoms with Crippen LogP contribution in [0.5, 0.6) is 0 Å². The second kappa shape index (κ2) is 11.6. The van der Waals surface area contributed by atoms with Crippen LogP contribution in [-0.4, -0.2) is 52.3 Å². The van der Waals surface area contributed by atoms with Crippen LogP contribution in [0.1, 0.15) is 97.7 Å². The van der Waals surface area contributed by atoms with E-state index < -0.39 is 0 Å². The van der Waals surface area contributed by atoms with Crippen LogP contribution in [0.2, 0.25) is 5.02 Å². The maximum absolute atomic E-state index is 6.19. The van der Waals surface area contributed by atoms with Crippen LogP contribution in [0.3, 0.4) is 0 Å². The topological polar surface area (TPSA) is 64.2 Å². The van der Waals surface area contributed by atoms with Crippen molar-refractivity contribution in [2.24, 2.45) is 17.3 Å². The van der Waals surface area contributed by atoms with Gasteiger partial charge in [0.1, 0.15) is 0 Å². The van der Waals surface area contributed by atoms with Gasteiger partial charge in [-0.15, -0.1) is 0 Å². The third-order valence-corrected chi connectivity index (χ3v) is 10.6. The van der Waals surface area contributed by atoms with Gasteiger partial charge in [-0.3, -0.25) is 30.6 Å². The molecular formula is C29H49ClN6S. The Labute approximate surface area is 234 Å². The second-order valence-corrected chi connectivity index (χ2v) is 15.2. The van der Waals surface area contributed by atoms with Crippen LogP contribution in [0.25, 0.3) is 0 Å². The van der Waals surface area contributed by atoms with E-state index in [0.717, 1.165) is 25.1 Å². The summed E-state index contributed by atoms with van der Waals surface area (Å²) in [4.78, 5) is 7.58. The summed E-state index contributed by atoms with van der Waals surface area (Å²) < 4.78 is 3.83. The average Bonchev–Trinajstić information content (AvgIpc) is 3.15. The van der Waals surface area contributed by atoms with E-state index >= 15 is 0 Å². The third kappa shape index (κ3) is 6.85. The zero-order valence-electron chi connectivity index (χ0n) is 23.5. The molecule has 208 valence electrons. The van der Waals surface area contributed by atoms with Crippen LogP contribution in [0.4, 0.5) is 0 Å². The second-order valence-electron chi connectivity index (χ2n) is 13.7. The van der Waals surface area contributed by atoms with Gasteiger partial charge in [0.2, 0.25) is 0 Å². The maximum atomic E-state index is 6.19. The fraction of sp³-hybridized carbons (Fsp3) is 0.828. The number of fused-ring (bicyclic) bond motifs is 6. The van der Waals surface area contributed by atoms with Gasteiger partial charge in [-0.2, -0.15) is 0 Å². The number of hydrogen-bond donors (Lipinski definition) is 4. The Morgan fingerprint density at radius 2 is 1.86 bits per heavy atom. The van der Waals surface area contributed by atoms with Crippen LogP contribution < -0.4 is 20.7 Å². The van der Waals surface area contributed by atoms with E-state index in [0.29, 0.717) is 40.6 Å². The zero-order valence-corrected chi connectivity index (χ0v) is 25.1. The highest BCUT2D eigenvalue weighted by Crippen LogP contribution is 2.42. The molecule has 1 aromatic heterocycles. The maximum Gasteiger partial charge on any atom is 0.0690 e. The predicted octanol–water partition coefficient (Wildman–Crippen LogP) is 5.66. The minimum atomic E-state index is 0.198. The largest absolute Gasteiger partial charge is 0.298 e. The minimum absolute atomic E-state index is 0.198. The molecule has 4 aliphatic rings. The Kier molecular flexibility index (Phi) is 8.82. The summed E-state index contributed by atoms with van der Waals surface area (Å²) in [6.45, 7) is 14.4. The quantitative estimate of drug-likeness (QED) is 0.337. The molecule has 4 bridgehead atoms. The number of aromatic nitrogens is 1. The van der Waals surface area contributed by atoms with Crippen LogP contribution in [0.15, 0.2) is 18.3 Å². The lowest BCUT2D eigenvalue weighted by Gasteiger charge is -2.50. The van der Waals surface area contributed by atoms with Crippen molar-refractivity contribution in [3.8, 4) is 0 Å². The van der Waals surface area contributed by atoms with E-state index in [1.165, 1.54) is 45.1 Å². The molecule has 8 atom stereocenters. The summed E-state index contributed by atoms with van der Waals surface area (Å²) in [5.41, 5.74) is 1.59. The van der Waals surface area contributed by atoms with Gasteiger partial charge in [0.25, 0.3) is 0 Å².